The largest absolute Gasteiger partial charge is 0.318 e. The highest BCUT2D eigenvalue weighted by Crippen LogP contribution is 2.28. The number of aryl methyl sites for hydroxylation is 2. The lowest BCUT2D eigenvalue weighted by Gasteiger charge is -2.19. The molecule has 2 aromatic rings. The standard InChI is InChI=1S/C20H21N3O3/c1-13-5-8-15(9-6-13)21-19(25)20(26)22-16-10-7-14(2)17(12-16)23-11-3-4-18(23)24/h5-10,12H,3-4,11H2,1-2H3,(H,21,25)(H,22,26). The predicted octanol–water partition coefficient (Wildman–Crippen LogP) is 3.01. The second-order valence-corrected chi connectivity index (χ2v) is 6.42. The van der Waals surface area contributed by atoms with Gasteiger partial charge in [0.2, 0.25) is 5.91 Å². The first-order valence-corrected chi connectivity index (χ1v) is 8.54. The molecule has 3 amide bonds. The Hall–Kier alpha value is -3.15. The van der Waals surface area contributed by atoms with Gasteiger partial charge in [-0.25, -0.2) is 0 Å². The van der Waals surface area contributed by atoms with Gasteiger partial charge in [-0.3, -0.25) is 14.4 Å². The van der Waals surface area contributed by atoms with Gasteiger partial charge in [0.15, 0.2) is 0 Å². The summed E-state index contributed by atoms with van der Waals surface area (Å²) in [5.74, 6) is -1.42. The van der Waals surface area contributed by atoms with E-state index in [0.29, 0.717) is 24.3 Å². The fraction of sp³-hybridized carbons (Fsp3) is 0.250. The van der Waals surface area contributed by atoms with Gasteiger partial charge in [-0.15, -0.1) is 0 Å². The van der Waals surface area contributed by atoms with Crippen molar-refractivity contribution in [2.75, 3.05) is 22.1 Å². The van der Waals surface area contributed by atoms with Gasteiger partial charge in [-0.2, -0.15) is 0 Å². The highest BCUT2D eigenvalue weighted by atomic mass is 16.2. The van der Waals surface area contributed by atoms with Crippen molar-refractivity contribution < 1.29 is 14.4 Å². The summed E-state index contributed by atoms with van der Waals surface area (Å²) < 4.78 is 0. The summed E-state index contributed by atoms with van der Waals surface area (Å²) in [5, 5.41) is 5.15. The van der Waals surface area contributed by atoms with Crippen LogP contribution in [-0.2, 0) is 14.4 Å². The number of carbonyl (C=O) groups is 3. The number of hydrogen-bond donors (Lipinski definition) is 2. The molecule has 1 aliphatic heterocycles. The molecular weight excluding hydrogens is 330 g/mol. The quantitative estimate of drug-likeness (QED) is 0.835. The van der Waals surface area contributed by atoms with Crippen molar-refractivity contribution in [3.8, 4) is 0 Å². The predicted molar refractivity (Wildman–Crippen MR) is 101 cm³/mol. The van der Waals surface area contributed by atoms with E-state index in [4.69, 9.17) is 0 Å². The maximum Gasteiger partial charge on any atom is 0.314 e. The highest BCUT2D eigenvalue weighted by Gasteiger charge is 2.23. The van der Waals surface area contributed by atoms with Crippen LogP contribution in [-0.4, -0.2) is 24.3 Å². The van der Waals surface area contributed by atoms with Crippen LogP contribution < -0.4 is 15.5 Å². The summed E-state index contributed by atoms with van der Waals surface area (Å²) >= 11 is 0. The number of nitrogens with zero attached hydrogens (tertiary/aromatic N) is 1. The number of amides is 3. The van der Waals surface area contributed by atoms with Crippen LogP contribution in [0.3, 0.4) is 0 Å². The highest BCUT2D eigenvalue weighted by molar-refractivity contribution is 6.43. The monoisotopic (exact) mass is 351 g/mol. The minimum atomic E-state index is -0.756. The minimum Gasteiger partial charge on any atom is -0.318 e. The van der Waals surface area contributed by atoms with Gasteiger partial charge in [0.05, 0.1) is 0 Å². The van der Waals surface area contributed by atoms with Crippen molar-refractivity contribution in [1.29, 1.82) is 0 Å². The fourth-order valence-corrected chi connectivity index (χ4v) is 2.89. The molecule has 0 bridgehead atoms. The van der Waals surface area contributed by atoms with Crippen LogP contribution in [0, 0.1) is 13.8 Å². The first-order valence-electron chi connectivity index (χ1n) is 8.54. The van der Waals surface area contributed by atoms with Crippen molar-refractivity contribution in [2.45, 2.75) is 26.7 Å². The Morgan fingerprint density at radius 1 is 0.923 bits per heavy atom. The summed E-state index contributed by atoms with van der Waals surface area (Å²) in [6.07, 6.45) is 1.36. The van der Waals surface area contributed by atoms with Crippen LogP contribution in [0.2, 0.25) is 0 Å². The molecule has 2 aromatic carbocycles. The number of rotatable bonds is 3. The van der Waals surface area contributed by atoms with Gasteiger partial charge in [-0.05, 0) is 50.1 Å². The molecule has 0 saturated carbocycles. The molecule has 0 radical (unpaired) electrons. The van der Waals surface area contributed by atoms with Gasteiger partial charge in [-0.1, -0.05) is 23.8 Å². The Balaban J connectivity index is 1.69. The number of benzene rings is 2. The maximum atomic E-state index is 12.2. The van der Waals surface area contributed by atoms with Crippen molar-refractivity contribution in [1.82, 2.24) is 0 Å². The fourth-order valence-electron chi connectivity index (χ4n) is 2.89. The number of hydrogen-bond acceptors (Lipinski definition) is 3. The van der Waals surface area contributed by atoms with Gasteiger partial charge < -0.3 is 15.5 Å². The van der Waals surface area contributed by atoms with E-state index in [-0.39, 0.29) is 5.91 Å². The van der Waals surface area contributed by atoms with Crippen LogP contribution in [0.15, 0.2) is 42.5 Å². The molecule has 26 heavy (non-hydrogen) atoms. The lowest BCUT2D eigenvalue weighted by atomic mass is 10.1. The first kappa shape index (κ1) is 17.7. The van der Waals surface area contributed by atoms with Crippen LogP contribution in [0.5, 0.6) is 0 Å². The summed E-state index contributed by atoms with van der Waals surface area (Å²) in [5.41, 5.74) is 3.82. The molecule has 0 spiro atoms. The van der Waals surface area contributed by atoms with Crippen LogP contribution in [0.4, 0.5) is 17.1 Å². The van der Waals surface area contributed by atoms with Gasteiger partial charge in [0, 0.05) is 30.0 Å². The van der Waals surface area contributed by atoms with Gasteiger partial charge in [0.25, 0.3) is 0 Å². The third-order valence-electron chi connectivity index (χ3n) is 4.35. The van der Waals surface area contributed by atoms with Crippen LogP contribution in [0.1, 0.15) is 24.0 Å². The molecule has 6 heteroatoms. The second kappa shape index (κ2) is 7.39. The number of anilines is 3. The van der Waals surface area contributed by atoms with Crippen molar-refractivity contribution >= 4 is 34.8 Å². The molecular formula is C20H21N3O3. The number of carbonyl (C=O) groups excluding carboxylic acids is 3. The summed E-state index contributed by atoms with van der Waals surface area (Å²) in [4.78, 5) is 37.9. The normalized spacial score (nSPS) is 13.6. The Bertz CT molecular complexity index is 859. The van der Waals surface area contributed by atoms with Crippen molar-refractivity contribution in [2.24, 2.45) is 0 Å². The molecule has 1 aliphatic rings. The molecule has 0 aliphatic carbocycles. The first-order chi connectivity index (χ1) is 12.4. The Kier molecular flexibility index (Phi) is 5.02. The van der Waals surface area contributed by atoms with Crippen molar-refractivity contribution in [3.05, 3.63) is 53.6 Å². The average molecular weight is 351 g/mol. The molecule has 0 unspecified atom stereocenters. The maximum absolute atomic E-state index is 12.2. The van der Waals surface area contributed by atoms with E-state index in [2.05, 4.69) is 10.6 Å². The SMILES string of the molecule is Cc1ccc(NC(=O)C(=O)Nc2ccc(C)c(N3CCCC3=O)c2)cc1. The van der Waals surface area contributed by atoms with Crippen LogP contribution >= 0.6 is 0 Å². The zero-order valence-electron chi connectivity index (χ0n) is 14.8. The second-order valence-electron chi connectivity index (χ2n) is 6.42. The van der Waals surface area contributed by atoms with Crippen LogP contribution in [0.25, 0.3) is 0 Å². The van der Waals surface area contributed by atoms with E-state index < -0.39 is 11.8 Å². The van der Waals surface area contributed by atoms with Crippen molar-refractivity contribution in [3.63, 3.8) is 0 Å². The minimum absolute atomic E-state index is 0.0775. The zero-order valence-corrected chi connectivity index (χ0v) is 14.8. The zero-order chi connectivity index (χ0) is 18.7. The third-order valence-corrected chi connectivity index (χ3v) is 4.35. The molecule has 1 heterocycles. The summed E-state index contributed by atoms with van der Waals surface area (Å²) in [7, 11) is 0. The summed E-state index contributed by atoms with van der Waals surface area (Å²) in [6.45, 7) is 4.53. The van der Waals surface area contributed by atoms with E-state index in [0.717, 1.165) is 23.2 Å². The third kappa shape index (κ3) is 3.91. The van der Waals surface area contributed by atoms with E-state index in [9.17, 15) is 14.4 Å². The Labute approximate surface area is 152 Å². The molecule has 3 rings (SSSR count). The molecule has 1 fully saturated rings. The molecule has 2 N–H and O–H groups in total. The van der Waals surface area contributed by atoms with E-state index >= 15 is 0 Å². The summed E-state index contributed by atoms with van der Waals surface area (Å²) in [6, 6.07) is 12.5. The molecule has 134 valence electrons. The molecule has 6 nitrogen and oxygen atoms in total. The molecule has 1 saturated heterocycles. The Morgan fingerprint density at radius 2 is 1.54 bits per heavy atom. The molecule has 0 aromatic heterocycles. The lowest BCUT2D eigenvalue weighted by molar-refractivity contribution is -0.132. The van der Waals surface area contributed by atoms with E-state index in [1.165, 1.54) is 0 Å². The molecule has 0 atom stereocenters. The van der Waals surface area contributed by atoms with E-state index in [1.54, 1.807) is 29.2 Å². The average Bonchev–Trinajstić information content (AvgIpc) is 3.04. The lowest BCUT2D eigenvalue weighted by Crippen LogP contribution is -2.29. The Morgan fingerprint density at radius 3 is 2.15 bits per heavy atom. The van der Waals surface area contributed by atoms with E-state index in [1.807, 2.05) is 32.0 Å². The van der Waals surface area contributed by atoms with Gasteiger partial charge in [0.1, 0.15) is 0 Å². The topological polar surface area (TPSA) is 78.5 Å². The smallest absolute Gasteiger partial charge is 0.314 e. The van der Waals surface area contributed by atoms with Gasteiger partial charge >= 0.3 is 11.8 Å². The number of nitrogens with one attached hydrogen (secondary N) is 2.